The summed E-state index contributed by atoms with van der Waals surface area (Å²) in [5, 5.41) is 31.6. The molecule has 0 saturated carbocycles. The quantitative estimate of drug-likeness (QED) is 0.643. The van der Waals surface area contributed by atoms with E-state index < -0.39 is 17.0 Å². The molecule has 3 N–H and O–H groups in total. The Morgan fingerprint density at radius 3 is 1.61 bits per heavy atom. The standard InChI is InChI=1S/C21H22N2O5/c1-11-9-15(25)18(20(27)22(11)3)17(13-7-5-6-8-14(13)24)19-16(26)10-12(2)23(4)21(19)28/h5-10,17,24-26H,1-4H3. The average molecular weight is 382 g/mol. The van der Waals surface area contributed by atoms with Gasteiger partial charge in [-0.25, -0.2) is 0 Å². The third kappa shape index (κ3) is 2.94. The lowest BCUT2D eigenvalue weighted by atomic mass is 9.84. The molecule has 0 aliphatic rings. The summed E-state index contributed by atoms with van der Waals surface area (Å²) in [4.78, 5) is 26.0. The van der Waals surface area contributed by atoms with E-state index in [0.717, 1.165) is 0 Å². The van der Waals surface area contributed by atoms with Crippen molar-refractivity contribution in [3.05, 3.63) is 85.2 Å². The number of benzene rings is 1. The summed E-state index contributed by atoms with van der Waals surface area (Å²) in [6.07, 6.45) is 0. The Labute approximate surface area is 161 Å². The van der Waals surface area contributed by atoms with E-state index in [1.54, 1.807) is 46.1 Å². The molecule has 2 heterocycles. The van der Waals surface area contributed by atoms with E-state index in [1.165, 1.54) is 27.3 Å². The van der Waals surface area contributed by atoms with E-state index in [4.69, 9.17) is 0 Å². The molecule has 28 heavy (non-hydrogen) atoms. The molecule has 0 unspecified atom stereocenters. The van der Waals surface area contributed by atoms with Crippen LogP contribution in [0.4, 0.5) is 0 Å². The van der Waals surface area contributed by atoms with Crippen LogP contribution in [0.2, 0.25) is 0 Å². The SMILES string of the molecule is Cc1cc(O)c(C(c2ccccc2O)c2c(O)cc(C)n(C)c2=O)c(=O)n1C. The zero-order valence-corrected chi connectivity index (χ0v) is 16.1. The van der Waals surface area contributed by atoms with Crippen molar-refractivity contribution in [3.8, 4) is 17.2 Å². The van der Waals surface area contributed by atoms with Gasteiger partial charge in [0.25, 0.3) is 11.1 Å². The highest BCUT2D eigenvalue weighted by Gasteiger charge is 2.31. The average Bonchev–Trinajstić information content (AvgIpc) is 2.64. The third-order valence-electron chi connectivity index (χ3n) is 5.20. The number of phenols is 1. The van der Waals surface area contributed by atoms with Gasteiger partial charge in [-0.2, -0.15) is 0 Å². The van der Waals surface area contributed by atoms with Gasteiger partial charge >= 0.3 is 0 Å². The number of hydrogen-bond donors (Lipinski definition) is 3. The normalized spacial score (nSPS) is 11.2. The first-order valence-electron chi connectivity index (χ1n) is 8.72. The van der Waals surface area contributed by atoms with Crippen LogP contribution in [0.3, 0.4) is 0 Å². The number of aromatic hydroxyl groups is 3. The Morgan fingerprint density at radius 2 is 1.18 bits per heavy atom. The lowest BCUT2D eigenvalue weighted by Crippen LogP contribution is -2.30. The van der Waals surface area contributed by atoms with Gasteiger partial charge in [0.15, 0.2) is 0 Å². The van der Waals surface area contributed by atoms with E-state index in [9.17, 15) is 24.9 Å². The maximum Gasteiger partial charge on any atom is 0.258 e. The summed E-state index contributed by atoms with van der Waals surface area (Å²) < 4.78 is 2.69. The zero-order valence-electron chi connectivity index (χ0n) is 16.1. The Bertz CT molecular complexity index is 1120. The Balaban J connectivity index is 2.50. The largest absolute Gasteiger partial charge is 0.508 e. The van der Waals surface area contributed by atoms with Crippen LogP contribution in [0.1, 0.15) is 34.0 Å². The summed E-state index contributed by atoms with van der Waals surface area (Å²) in [7, 11) is 3.10. The van der Waals surface area contributed by atoms with E-state index >= 15 is 0 Å². The lowest BCUT2D eigenvalue weighted by molar-refractivity contribution is 0.444. The van der Waals surface area contributed by atoms with Crippen molar-refractivity contribution in [2.75, 3.05) is 0 Å². The molecule has 7 nitrogen and oxygen atoms in total. The molecule has 0 amide bonds. The van der Waals surface area contributed by atoms with Gasteiger partial charge in [-0.1, -0.05) is 18.2 Å². The molecule has 0 spiro atoms. The Morgan fingerprint density at radius 1 is 0.750 bits per heavy atom. The fraction of sp³-hybridized carbons (Fsp3) is 0.238. The molecule has 0 fully saturated rings. The Hall–Kier alpha value is -3.48. The maximum atomic E-state index is 13.0. The minimum Gasteiger partial charge on any atom is -0.508 e. The minimum atomic E-state index is -1.15. The summed E-state index contributed by atoms with van der Waals surface area (Å²) >= 11 is 0. The van der Waals surface area contributed by atoms with Crippen LogP contribution >= 0.6 is 0 Å². The summed E-state index contributed by atoms with van der Waals surface area (Å²) in [5.41, 5.74) is 0.0684. The molecule has 0 bridgehead atoms. The maximum absolute atomic E-state index is 13.0. The molecule has 1 aromatic carbocycles. The lowest BCUT2D eigenvalue weighted by Gasteiger charge is -2.22. The van der Waals surface area contributed by atoms with Gasteiger partial charge in [0.1, 0.15) is 17.2 Å². The molecule has 146 valence electrons. The van der Waals surface area contributed by atoms with Crippen molar-refractivity contribution in [3.63, 3.8) is 0 Å². The summed E-state index contributed by atoms with van der Waals surface area (Å²) in [6, 6.07) is 9.06. The second-order valence-electron chi connectivity index (χ2n) is 6.89. The molecular formula is C21H22N2O5. The summed E-state index contributed by atoms with van der Waals surface area (Å²) in [6.45, 7) is 3.34. The van der Waals surface area contributed by atoms with Gasteiger partial charge in [0, 0.05) is 31.0 Å². The van der Waals surface area contributed by atoms with Crippen molar-refractivity contribution in [2.45, 2.75) is 19.8 Å². The van der Waals surface area contributed by atoms with Gasteiger partial charge in [-0.3, -0.25) is 9.59 Å². The molecule has 0 radical (unpaired) electrons. The fourth-order valence-electron chi connectivity index (χ4n) is 3.38. The van der Waals surface area contributed by atoms with Crippen molar-refractivity contribution in [1.29, 1.82) is 0 Å². The highest BCUT2D eigenvalue weighted by molar-refractivity contribution is 5.55. The second kappa shape index (κ2) is 6.92. The van der Waals surface area contributed by atoms with Crippen LogP contribution in [-0.2, 0) is 14.1 Å². The van der Waals surface area contributed by atoms with E-state index in [1.807, 2.05) is 0 Å². The monoisotopic (exact) mass is 382 g/mol. The third-order valence-corrected chi connectivity index (χ3v) is 5.20. The van der Waals surface area contributed by atoms with E-state index in [2.05, 4.69) is 0 Å². The highest BCUT2D eigenvalue weighted by atomic mass is 16.3. The van der Waals surface area contributed by atoms with Crippen LogP contribution in [-0.4, -0.2) is 24.5 Å². The van der Waals surface area contributed by atoms with Gasteiger partial charge in [0.05, 0.1) is 17.0 Å². The van der Waals surface area contributed by atoms with E-state index in [0.29, 0.717) is 11.4 Å². The van der Waals surface area contributed by atoms with Crippen molar-refractivity contribution >= 4 is 0 Å². The molecule has 0 atom stereocenters. The van der Waals surface area contributed by atoms with Crippen molar-refractivity contribution in [1.82, 2.24) is 9.13 Å². The number of phenolic OH excluding ortho intramolecular Hbond substituents is 1. The molecule has 2 aromatic heterocycles. The predicted molar refractivity (Wildman–Crippen MR) is 105 cm³/mol. The van der Waals surface area contributed by atoms with Crippen molar-refractivity contribution < 1.29 is 15.3 Å². The molecule has 0 aliphatic carbocycles. The molecule has 0 aliphatic heterocycles. The summed E-state index contributed by atoms with van der Waals surface area (Å²) in [5.74, 6) is -1.93. The first kappa shape index (κ1) is 19.3. The van der Waals surface area contributed by atoms with Crippen LogP contribution < -0.4 is 11.1 Å². The number of hydrogen-bond acceptors (Lipinski definition) is 5. The Kier molecular flexibility index (Phi) is 4.77. The first-order chi connectivity index (χ1) is 13.1. The minimum absolute atomic E-state index is 0.0918. The highest BCUT2D eigenvalue weighted by Crippen LogP contribution is 2.40. The van der Waals surface area contributed by atoms with Gasteiger partial charge in [-0.05, 0) is 32.0 Å². The second-order valence-corrected chi connectivity index (χ2v) is 6.89. The smallest absolute Gasteiger partial charge is 0.258 e. The molecular weight excluding hydrogens is 360 g/mol. The topological polar surface area (TPSA) is 105 Å². The fourth-order valence-corrected chi connectivity index (χ4v) is 3.38. The number of aryl methyl sites for hydroxylation is 2. The molecule has 3 rings (SSSR count). The van der Waals surface area contributed by atoms with Crippen LogP contribution in [0.15, 0.2) is 46.0 Å². The zero-order chi connectivity index (χ0) is 20.7. The molecule has 3 aromatic rings. The number of pyridine rings is 2. The van der Waals surface area contributed by atoms with Crippen LogP contribution in [0, 0.1) is 13.8 Å². The van der Waals surface area contributed by atoms with Crippen molar-refractivity contribution in [2.24, 2.45) is 14.1 Å². The van der Waals surface area contributed by atoms with Crippen LogP contribution in [0.5, 0.6) is 17.2 Å². The number of para-hydroxylation sites is 1. The predicted octanol–water partition coefficient (Wildman–Crippen LogP) is 2.00. The molecule has 0 saturated heterocycles. The number of aromatic nitrogens is 2. The van der Waals surface area contributed by atoms with Gasteiger partial charge in [0.2, 0.25) is 0 Å². The van der Waals surface area contributed by atoms with Gasteiger partial charge < -0.3 is 24.5 Å². The van der Waals surface area contributed by atoms with Gasteiger partial charge in [-0.15, -0.1) is 0 Å². The van der Waals surface area contributed by atoms with E-state index in [-0.39, 0.29) is 33.9 Å². The number of rotatable bonds is 3. The first-order valence-corrected chi connectivity index (χ1v) is 8.72. The van der Waals surface area contributed by atoms with Crippen LogP contribution in [0.25, 0.3) is 0 Å². The molecule has 7 heteroatoms. The number of nitrogens with zero attached hydrogens (tertiary/aromatic N) is 2.